The van der Waals surface area contributed by atoms with Crippen molar-refractivity contribution in [3.8, 4) is 6.07 Å². The fourth-order valence-corrected chi connectivity index (χ4v) is 2.54. The molecule has 1 aromatic heterocycles. The molecule has 0 saturated carbocycles. The summed E-state index contributed by atoms with van der Waals surface area (Å²) < 4.78 is 0. The van der Waals surface area contributed by atoms with Crippen LogP contribution in [-0.2, 0) is 0 Å². The minimum Gasteiger partial charge on any atom is -0.306 e. The minimum atomic E-state index is 0.553. The molecule has 1 aliphatic heterocycles. The van der Waals surface area contributed by atoms with Crippen LogP contribution < -0.4 is 0 Å². The summed E-state index contributed by atoms with van der Waals surface area (Å²) in [7, 11) is 2.12. The van der Waals surface area contributed by atoms with Crippen molar-refractivity contribution in [1.29, 1.82) is 5.26 Å². The molecule has 0 aromatic carbocycles. The number of thiazole rings is 1. The maximum atomic E-state index is 8.63. The highest BCUT2D eigenvalue weighted by Crippen LogP contribution is 2.28. The first-order valence-corrected chi connectivity index (χ1v) is 5.21. The van der Waals surface area contributed by atoms with Crippen LogP contribution in [0.3, 0.4) is 0 Å². The third-order valence-corrected chi connectivity index (χ3v) is 3.38. The molecule has 1 aliphatic rings. The Labute approximate surface area is 81.6 Å². The summed E-state index contributed by atoms with van der Waals surface area (Å²) in [5.74, 6) is 0.553. The third-order valence-electron chi connectivity index (χ3n) is 2.38. The molecule has 0 aliphatic carbocycles. The molecule has 0 amide bonds. The van der Waals surface area contributed by atoms with Crippen LogP contribution >= 0.6 is 11.3 Å². The molecule has 0 bridgehead atoms. The molecule has 0 N–H and O–H groups in total. The van der Waals surface area contributed by atoms with Crippen LogP contribution in [-0.4, -0.2) is 30.0 Å². The predicted molar refractivity (Wildman–Crippen MR) is 51.7 cm³/mol. The second-order valence-electron chi connectivity index (χ2n) is 3.43. The van der Waals surface area contributed by atoms with Gasteiger partial charge in [-0.15, -0.1) is 11.3 Å². The normalized spacial score (nSPS) is 23.2. The van der Waals surface area contributed by atoms with Crippen molar-refractivity contribution in [2.24, 2.45) is 0 Å². The summed E-state index contributed by atoms with van der Waals surface area (Å²) in [4.78, 5) is 6.58. The van der Waals surface area contributed by atoms with E-state index in [-0.39, 0.29) is 0 Å². The molecule has 3 nitrogen and oxygen atoms in total. The average molecular weight is 193 g/mol. The maximum absolute atomic E-state index is 8.63. The van der Waals surface area contributed by atoms with Crippen molar-refractivity contribution >= 4 is 11.3 Å². The van der Waals surface area contributed by atoms with Crippen molar-refractivity contribution in [1.82, 2.24) is 9.88 Å². The smallest absolute Gasteiger partial charge is 0.151 e. The SMILES string of the molecule is CN1CCC(c2nc(C#N)cs2)C1. The van der Waals surface area contributed by atoms with E-state index in [0.717, 1.165) is 18.1 Å². The molecule has 0 spiro atoms. The summed E-state index contributed by atoms with van der Waals surface area (Å²) in [6.45, 7) is 2.23. The van der Waals surface area contributed by atoms with E-state index in [1.807, 2.05) is 5.38 Å². The van der Waals surface area contributed by atoms with E-state index < -0.39 is 0 Å². The quantitative estimate of drug-likeness (QED) is 0.677. The van der Waals surface area contributed by atoms with Gasteiger partial charge in [0.2, 0.25) is 0 Å². The molecule has 2 rings (SSSR count). The molecule has 1 aromatic rings. The number of likely N-dealkylation sites (N-methyl/N-ethyl adjacent to an activating group) is 1. The van der Waals surface area contributed by atoms with Crippen LogP contribution in [0, 0.1) is 11.3 Å². The van der Waals surface area contributed by atoms with Gasteiger partial charge in [-0.1, -0.05) is 0 Å². The van der Waals surface area contributed by atoms with Crippen LogP contribution in [0.15, 0.2) is 5.38 Å². The Bertz CT molecular complexity index is 339. The Balaban J connectivity index is 2.13. The Hall–Kier alpha value is -0.920. The van der Waals surface area contributed by atoms with Crippen LogP contribution in [0.2, 0.25) is 0 Å². The van der Waals surface area contributed by atoms with Gasteiger partial charge in [-0.25, -0.2) is 4.98 Å². The van der Waals surface area contributed by atoms with Gasteiger partial charge >= 0.3 is 0 Å². The van der Waals surface area contributed by atoms with Crippen molar-refractivity contribution in [2.45, 2.75) is 12.3 Å². The van der Waals surface area contributed by atoms with Crippen molar-refractivity contribution in [3.63, 3.8) is 0 Å². The monoisotopic (exact) mass is 193 g/mol. The predicted octanol–water partition coefficient (Wildman–Crippen LogP) is 1.43. The molecule has 0 radical (unpaired) electrons. The van der Waals surface area contributed by atoms with E-state index in [9.17, 15) is 0 Å². The zero-order valence-electron chi connectivity index (χ0n) is 7.53. The first kappa shape index (κ1) is 8.67. The molecule has 2 heterocycles. The second kappa shape index (κ2) is 3.44. The lowest BCUT2D eigenvalue weighted by Crippen LogP contribution is -2.13. The highest BCUT2D eigenvalue weighted by Gasteiger charge is 2.23. The lowest BCUT2D eigenvalue weighted by molar-refractivity contribution is 0.411. The van der Waals surface area contributed by atoms with Crippen LogP contribution in [0.4, 0.5) is 0 Å². The van der Waals surface area contributed by atoms with Gasteiger partial charge in [0.1, 0.15) is 6.07 Å². The average Bonchev–Trinajstić information content (AvgIpc) is 2.71. The van der Waals surface area contributed by atoms with E-state index in [2.05, 4.69) is 23.0 Å². The van der Waals surface area contributed by atoms with Gasteiger partial charge in [0.15, 0.2) is 5.69 Å². The molecule has 1 unspecified atom stereocenters. The highest BCUT2D eigenvalue weighted by molar-refractivity contribution is 7.09. The Morgan fingerprint density at radius 3 is 3.15 bits per heavy atom. The molecule has 1 atom stereocenters. The molecule has 1 saturated heterocycles. The van der Waals surface area contributed by atoms with Crippen LogP contribution in [0.1, 0.15) is 23.0 Å². The fourth-order valence-electron chi connectivity index (χ4n) is 1.66. The van der Waals surface area contributed by atoms with E-state index >= 15 is 0 Å². The van der Waals surface area contributed by atoms with Crippen LogP contribution in [0.25, 0.3) is 0 Å². The van der Waals surface area contributed by atoms with Gasteiger partial charge in [-0.3, -0.25) is 0 Å². The molecule has 1 fully saturated rings. The lowest BCUT2D eigenvalue weighted by Gasteiger charge is -2.06. The Kier molecular flexibility index (Phi) is 2.30. The number of likely N-dealkylation sites (tertiary alicyclic amines) is 1. The van der Waals surface area contributed by atoms with Gasteiger partial charge in [-0.2, -0.15) is 5.26 Å². The van der Waals surface area contributed by atoms with Crippen molar-refractivity contribution < 1.29 is 0 Å². The number of nitrogens with zero attached hydrogens (tertiary/aromatic N) is 3. The first-order chi connectivity index (χ1) is 6.29. The van der Waals surface area contributed by atoms with E-state index in [1.54, 1.807) is 11.3 Å². The van der Waals surface area contributed by atoms with E-state index in [4.69, 9.17) is 5.26 Å². The zero-order valence-corrected chi connectivity index (χ0v) is 8.34. The van der Waals surface area contributed by atoms with Crippen LogP contribution in [0.5, 0.6) is 0 Å². The lowest BCUT2D eigenvalue weighted by atomic mass is 10.1. The topological polar surface area (TPSA) is 39.9 Å². The van der Waals surface area contributed by atoms with Gasteiger partial charge < -0.3 is 4.90 Å². The standard InChI is InChI=1S/C9H11N3S/c1-12-3-2-7(5-12)9-11-8(4-10)6-13-9/h6-7H,2-3,5H2,1H3. The summed E-state index contributed by atoms with van der Waals surface area (Å²) in [6.07, 6.45) is 1.18. The van der Waals surface area contributed by atoms with E-state index in [1.165, 1.54) is 6.42 Å². The molecule has 13 heavy (non-hydrogen) atoms. The number of rotatable bonds is 1. The van der Waals surface area contributed by atoms with E-state index in [0.29, 0.717) is 11.6 Å². The summed E-state index contributed by atoms with van der Waals surface area (Å²) in [5.41, 5.74) is 0.564. The Morgan fingerprint density at radius 2 is 2.62 bits per heavy atom. The third kappa shape index (κ3) is 1.71. The van der Waals surface area contributed by atoms with Crippen molar-refractivity contribution in [2.75, 3.05) is 20.1 Å². The van der Waals surface area contributed by atoms with Crippen molar-refractivity contribution in [3.05, 3.63) is 16.1 Å². The number of nitriles is 1. The largest absolute Gasteiger partial charge is 0.306 e. The fraction of sp³-hybridized carbons (Fsp3) is 0.556. The first-order valence-electron chi connectivity index (χ1n) is 4.33. The zero-order chi connectivity index (χ0) is 9.26. The molecule has 4 heteroatoms. The van der Waals surface area contributed by atoms with Gasteiger partial charge in [0, 0.05) is 17.8 Å². The molecular formula is C9H11N3S. The summed E-state index contributed by atoms with van der Waals surface area (Å²) in [5, 5.41) is 11.6. The minimum absolute atomic E-state index is 0.553. The maximum Gasteiger partial charge on any atom is 0.151 e. The summed E-state index contributed by atoms with van der Waals surface area (Å²) >= 11 is 1.61. The highest BCUT2D eigenvalue weighted by atomic mass is 32.1. The second-order valence-corrected chi connectivity index (χ2v) is 4.32. The summed E-state index contributed by atoms with van der Waals surface area (Å²) in [6, 6.07) is 2.07. The van der Waals surface area contributed by atoms with Gasteiger partial charge in [0.25, 0.3) is 0 Å². The Morgan fingerprint density at radius 1 is 1.77 bits per heavy atom. The number of hydrogen-bond acceptors (Lipinski definition) is 4. The van der Waals surface area contributed by atoms with Gasteiger partial charge in [-0.05, 0) is 20.0 Å². The van der Waals surface area contributed by atoms with Gasteiger partial charge in [0.05, 0.1) is 5.01 Å². The number of hydrogen-bond donors (Lipinski definition) is 0. The molecular weight excluding hydrogens is 182 g/mol. The number of aromatic nitrogens is 1. The molecule has 68 valence electrons.